The SMILES string of the molecule is CN(C)C(=O)C[C@H]1CC[C@H](c2ccc(NC(=O)c3nnc(Nc4ccccc4F)o3)cc2)CC1. The molecular weight excluding hydrogens is 437 g/mol. The number of anilines is 3. The lowest BCUT2D eigenvalue weighted by molar-refractivity contribution is -0.129. The summed E-state index contributed by atoms with van der Waals surface area (Å²) in [6, 6.07) is 13.7. The minimum absolute atomic E-state index is 0.0755. The first-order valence-electron chi connectivity index (χ1n) is 11.4. The molecule has 0 atom stereocenters. The second-order valence-electron chi connectivity index (χ2n) is 8.80. The van der Waals surface area contributed by atoms with Gasteiger partial charge in [0.1, 0.15) is 5.82 Å². The van der Waals surface area contributed by atoms with Crippen LogP contribution in [0, 0.1) is 11.7 Å². The zero-order valence-electron chi connectivity index (χ0n) is 19.3. The van der Waals surface area contributed by atoms with Gasteiger partial charge in [-0.1, -0.05) is 29.4 Å². The Morgan fingerprint density at radius 1 is 1.03 bits per heavy atom. The molecule has 1 saturated carbocycles. The molecule has 1 aliphatic carbocycles. The van der Waals surface area contributed by atoms with E-state index in [1.54, 1.807) is 31.1 Å². The summed E-state index contributed by atoms with van der Waals surface area (Å²) in [5.74, 6) is -0.140. The fraction of sp³-hybridized carbons (Fsp3) is 0.360. The van der Waals surface area contributed by atoms with Crippen LogP contribution in [0.3, 0.4) is 0 Å². The van der Waals surface area contributed by atoms with Crippen LogP contribution >= 0.6 is 0 Å². The Kier molecular flexibility index (Phi) is 7.20. The molecule has 2 aromatic carbocycles. The van der Waals surface area contributed by atoms with Crippen molar-refractivity contribution in [2.75, 3.05) is 24.7 Å². The molecule has 3 aromatic rings. The number of carbonyl (C=O) groups is 2. The van der Waals surface area contributed by atoms with Gasteiger partial charge in [-0.15, -0.1) is 5.10 Å². The van der Waals surface area contributed by atoms with Crippen LogP contribution in [0.25, 0.3) is 0 Å². The fourth-order valence-corrected chi connectivity index (χ4v) is 4.20. The summed E-state index contributed by atoms with van der Waals surface area (Å²) < 4.78 is 19.1. The van der Waals surface area contributed by atoms with E-state index >= 15 is 0 Å². The van der Waals surface area contributed by atoms with Crippen molar-refractivity contribution in [1.29, 1.82) is 0 Å². The highest BCUT2D eigenvalue weighted by Gasteiger charge is 2.24. The quantitative estimate of drug-likeness (QED) is 0.512. The molecule has 8 nitrogen and oxygen atoms in total. The van der Waals surface area contributed by atoms with Crippen molar-refractivity contribution in [2.24, 2.45) is 5.92 Å². The molecule has 0 bridgehead atoms. The highest BCUT2D eigenvalue weighted by molar-refractivity contribution is 6.00. The van der Waals surface area contributed by atoms with E-state index in [-0.39, 0.29) is 23.5 Å². The van der Waals surface area contributed by atoms with E-state index in [1.165, 1.54) is 17.7 Å². The van der Waals surface area contributed by atoms with Gasteiger partial charge in [0.05, 0.1) is 5.69 Å². The standard InChI is InChI=1S/C25H28FN5O3/c1-31(2)22(32)15-16-7-9-17(10-8-16)18-11-13-19(14-12-18)27-23(33)24-29-30-25(34-24)28-21-6-4-3-5-20(21)26/h3-6,11-14,16-17H,7-10,15H2,1-2H3,(H,27,33)(H,28,30)/t16-,17-. The number of para-hydroxylation sites is 1. The van der Waals surface area contributed by atoms with Crippen LogP contribution in [0.2, 0.25) is 0 Å². The van der Waals surface area contributed by atoms with Gasteiger partial charge in [0.2, 0.25) is 5.91 Å². The Hall–Kier alpha value is -3.75. The lowest BCUT2D eigenvalue weighted by Crippen LogP contribution is -2.26. The van der Waals surface area contributed by atoms with Crippen molar-refractivity contribution in [2.45, 2.75) is 38.0 Å². The number of halogens is 1. The second-order valence-corrected chi connectivity index (χ2v) is 8.80. The maximum Gasteiger partial charge on any atom is 0.320 e. The number of aromatic nitrogens is 2. The van der Waals surface area contributed by atoms with Crippen molar-refractivity contribution in [1.82, 2.24) is 15.1 Å². The number of hydrogen-bond donors (Lipinski definition) is 2. The number of benzene rings is 2. The summed E-state index contributed by atoms with van der Waals surface area (Å²) >= 11 is 0. The van der Waals surface area contributed by atoms with Crippen molar-refractivity contribution in [3.63, 3.8) is 0 Å². The molecule has 1 aliphatic rings. The Morgan fingerprint density at radius 3 is 2.41 bits per heavy atom. The summed E-state index contributed by atoms with van der Waals surface area (Å²) in [7, 11) is 3.60. The number of nitrogens with zero attached hydrogens (tertiary/aromatic N) is 3. The number of carbonyl (C=O) groups excluding carboxylic acids is 2. The highest BCUT2D eigenvalue weighted by atomic mass is 19.1. The molecule has 2 amide bonds. The van der Waals surface area contributed by atoms with Crippen LogP contribution in [-0.4, -0.2) is 41.0 Å². The van der Waals surface area contributed by atoms with Gasteiger partial charge in [0.25, 0.3) is 0 Å². The van der Waals surface area contributed by atoms with Gasteiger partial charge in [-0.25, -0.2) is 4.39 Å². The Labute approximate surface area is 197 Å². The lowest BCUT2D eigenvalue weighted by Gasteiger charge is -2.29. The zero-order chi connectivity index (χ0) is 24.1. The molecule has 9 heteroatoms. The molecule has 1 heterocycles. The molecule has 0 aliphatic heterocycles. The molecule has 0 radical (unpaired) electrons. The van der Waals surface area contributed by atoms with Crippen LogP contribution in [0.5, 0.6) is 0 Å². The van der Waals surface area contributed by atoms with Gasteiger partial charge in [0, 0.05) is 26.2 Å². The molecule has 34 heavy (non-hydrogen) atoms. The third-order valence-electron chi connectivity index (χ3n) is 6.18. The first kappa shape index (κ1) is 23.4. The summed E-state index contributed by atoms with van der Waals surface area (Å²) in [5.41, 5.74) is 2.01. The molecule has 4 rings (SSSR count). The summed E-state index contributed by atoms with van der Waals surface area (Å²) in [6.07, 6.45) is 4.82. The monoisotopic (exact) mass is 465 g/mol. The Morgan fingerprint density at radius 2 is 1.74 bits per heavy atom. The van der Waals surface area contributed by atoms with Crippen LogP contribution in [0.4, 0.5) is 21.8 Å². The molecule has 178 valence electrons. The Balaban J connectivity index is 1.29. The third-order valence-corrected chi connectivity index (χ3v) is 6.18. The van der Waals surface area contributed by atoms with Crippen LogP contribution in [-0.2, 0) is 4.79 Å². The van der Waals surface area contributed by atoms with E-state index < -0.39 is 11.7 Å². The fourth-order valence-electron chi connectivity index (χ4n) is 4.20. The normalized spacial score (nSPS) is 17.7. The zero-order valence-corrected chi connectivity index (χ0v) is 19.3. The second kappa shape index (κ2) is 10.5. The van der Waals surface area contributed by atoms with Crippen molar-refractivity contribution in [3.8, 4) is 0 Å². The molecular formula is C25H28FN5O3. The topological polar surface area (TPSA) is 100 Å². The first-order valence-corrected chi connectivity index (χ1v) is 11.4. The van der Waals surface area contributed by atoms with E-state index in [1.807, 2.05) is 24.3 Å². The van der Waals surface area contributed by atoms with Gasteiger partial charge in [-0.05, 0) is 67.3 Å². The molecule has 0 unspecified atom stereocenters. The number of nitrogens with one attached hydrogen (secondary N) is 2. The van der Waals surface area contributed by atoms with E-state index in [9.17, 15) is 14.0 Å². The van der Waals surface area contributed by atoms with Crippen LogP contribution in [0.1, 0.15) is 54.3 Å². The van der Waals surface area contributed by atoms with E-state index in [0.29, 0.717) is 23.9 Å². The van der Waals surface area contributed by atoms with Crippen LogP contribution in [0.15, 0.2) is 52.9 Å². The maximum absolute atomic E-state index is 13.7. The molecule has 1 aromatic heterocycles. The van der Waals surface area contributed by atoms with E-state index in [0.717, 1.165) is 25.7 Å². The number of rotatable bonds is 7. The smallest absolute Gasteiger partial charge is 0.320 e. The highest BCUT2D eigenvalue weighted by Crippen LogP contribution is 2.37. The average Bonchev–Trinajstić information content (AvgIpc) is 3.30. The number of hydrogen-bond acceptors (Lipinski definition) is 6. The predicted octanol–water partition coefficient (Wildman–Crippen LogP) is 4.96. The lowest BCUT2D eigenvalue weighted by atomic mass is 9.77. The van der Waals surface area contributed by atoms with Gasteiger partial charge >= 0.3 is 17.8 Å². The molecule has 0 saturated heterocycles. The van der Waals surface area contributed by atoms with Crippen LogP contribution < -0.4 is 10.6 Å². The van der Waals surface area contributed by atoms with E-state index in [2.05, 4.69) is 20.8 Å². The number of amides is 2. The third kappa shape index (κ3) is 5.78. The summed E-state index contributed by atoms with van der Waals surface area (Å²) in [6.45, 7) is 0. The minimum Gasteiger partial charge on any atom is -0.399 e. The molecule has 1 fully saturated rings. The average molecular weight is 466 g/mol. The van der Waals surface area contributed by atoms with Gasteiger partial charge in [-0.3, -0.25) is 9.59 Å². The van der Waals surface area contributed by atoms with Gasteiger partial charge in [0.15, 0.2) is 0 Å². The van der Waals surface area contributed by atoms with Crippen molar-refractivity contribution < 1.29 is 18.4 Å². The first-order chi connectivity index (χ1) is 16.4. The van der Waals surface area contributed by atoms with Gasteiger partial charge < -0.3 is 20.0 Å². The van der Waals surface area contributed by atoms with Crippen molar-refractivity contribution >= 4 is 29.2 Å². The van der Waals surface area contributed by atoms with E-state index in [4.69, 9.17) is 4.42 Å². The molecule has 0 spiro atoms. The Bertz CT molecular complexity index is 1140. The maximum atomic E-state index is 13.7. The summed E-state index contributed by atoms with van der Waals surface area (Å²) in [5, 5.41) is 12.9. The summed E-state index contributed by atoms with van der Waals surface area (Å²) in [4.78, 5) is 26.1. The van der Waals surface area contributed by atoms with Gasteiger partial charge in [-0.2, -0.15) is 0 Å². The predicted molar refractivity (Wildman–Crippen MR) is 126 cm³/mol. The minimum atomic E-state index is -0.548. The van der Waals surface area contributed by atoms with Crippen molar-refractivity contribution in [3.05, 3.63) is 65.8 Å². The largest absolute Gasteiger partial charge is 0.399 e. The molecule has 2 N–H and O–H groups in total.